The highest BCUT2D eigenvalue weighted by molar-refractivity contribution is 5.74. The van der Waals surface area contributed by atoms with Crippen molar-refractivity contribution in [1.29, 1.82) is 0 Å². The molecule has 1 aromatic carbocycles. The summed E-state index contributed by atoms with van der Waals surface area (Å²) in [6, 6.07) is 6.46. The molecule has 0 aliphatic rings. The van der Waals surface area contributed by atoms with Crippen LogP contribution in [0.5, 0.6) is 5.75 Å². The van der Waals surface area contributed by atoms with Gasteiger partial charge in [-0.25, -0.2) is 4.79 Å². The molecule has 3 N–H and O–H groups in total. The van der Waals surface area contributed by atoms with Crippen LogP contribution in [0.3, 0.4) is 0 Å². The zero-order valence-corrected chi connectivity index (χ0v) is 14.0. The number of nitrogens with one attached hydrogen (secondary N) is 1. The van der Waals surface area contributed by atoms with Gasteiger partial charge < -0.3 is 20.4 Å². The Bertz CT molecular complexity index is 478. The molecular weight excluding hydrogens is 280 g/mol. The topological polar surface area (TPSA) is 72.8 Å². The van der Waals surface area contributed by atoms with Crippen LogP contribution < -0.4 is 5.32 Å². The average molecular weight is 308 g/mol. The van der Waals surface area contributed by atoms with E-state index < -0.39 is 0 Å². The largest absolute Gasteiger partial charge is 0.508 e. The maximum atomic E-state index is 12.3. The van der Waals surface area contributed by atoms with Gasteiger partial charge in [0, 0.05) is 24.6 Å². The third kappa shape index (κ3) is 4.37. The molecule has 0 aliphatic carbocycles. The van der Waals surface area contributed by atoms with Gasteiger partial charge in [0.15, 0.2) is 0 Å². The molecule has 0 saturated carbocycles. The molecule has 0 radical (unpaired) electrons. The number of hydrogen-bond donors (Lipinski definition) is 3. The molecule has 0 spiro atoms. The molecule has 5 nitrogen and oxygen atoms in total. The van der Waals surface area contributed by atoms with Gasteiger partial charge in [0.25, 0.3) is 0 Å². The molecule has 2 amide bonds. The number of nitrogens with zero attached hydrogens (tertiary/aromatic N) is 1. The minimum atomic E-state index is -0.289. The normalized spacial score (nSPS) is 12.8. The first-order valence-electron chi connectivity index (χ1n) is 7.79. The van der Waals surface area contributed by atoms with Crippen LogP contribution in [0.2, 0.25) is 0 Å². The first-order chi connectivity index (χ1) is 10.4. The first kappa shape index (κ1) is 18.3. The Labute approximate surface area is 133 Å². The molecule has 0 bridgehead atoms. The third-order valence-corrected chi connectivity index (χ3v) is 4.50. The van der Waals surface area contributed by atoms with Crippen molar-refractivity contribution in [2.75, 3.05) is 20.2 Å². The van der Waals surface area contributed by atoms with Crippen LogP contribution in [0.4, 0.5) is 4.79 Å². The van der Waals surface area contributed by atoms with Gasteiger partial charge in [0.2, 0.25) is 0 Å². The predicted octanol–water partition coefficient (Wildman–Crippen LogP) is 2.89. The van der Waals surface area contributed by atoms with E-state index in [0.29, 0.717) is 12.1 Å². The number of rotatable bonds is 7. The van der Waals surface area contributed by atoms with Crippen molar-refractivity contribution in [2.24, 2.45) is 5.41 Å². The van der Waals surface area contributed by atoms with E-state index in [1.165, 1.54) is 0 Å². The van der Waals surface area contributed by atoms with E-state index in [1.807, 2.05) is 26.8 Å². The predicted molar refractivity (Wildman–Crippen MR) is 87.8 cm³/mol. The second-order valence-electron chi connectivity index (χ2n) is 5.95. The third-order valence-electron chi connectivity index (χ3n) is 4.50. The molecular formula is C17H28N2O3. The fourth-order valence-corrected chi connectivity index (χ4v) is 2.55. The van der Waals surface area contributed by atoms with Crippen LogP contribution in [0, 0.1) is 5.41 Å². The first-order valence-corrected chi connectivity index (χ1v) is 7.79. The molecule has 0 heterocycles. The smallest absolute Gasteiger partial charge is 0.317 e. The Kier molecular flexibility index (Phi) is 6.68. The monoisotopic (exact) mass is 308 g/mol. The Balaban J connectivity index is 2.70. The molecule has 1 rings (SSSR count). The van der Waals surface area contributed by atoms with Crippen LogP contribution in [-0.2, 0) is 0 Å². The number of hydrogen-bond acceptors (Lipinski definition) is 3. The van der Waals surface area contributed by atoms with E-state index in [0.717, 1.165) is 12.8 Å². The van der Waals surface area contributed by atoms with E-state index in [9.17, 15) is 15.0 Å². The number of amides is 2. The van der Waals surface area contributed by atoms with Crippen molar-refractivity contribution in [2.45, 2.75) is 39.7 Å². The Hall–Kier alpha value is -1.75. The molecule has 0 fully saturated rings. The number of benzene rings is 1. The Morgan fingerprint density at radius 3 is 2.41 bits per heavy atom. The number of urea groups is 1. The van der Waals surface area contributed by atoms with Gasteiger partial charge in [-0.1, -0.05) is 32.0 Å². The summed E-state index contributed by atoms with van der Waals surface area (Å²) in [5.41, 5.74) is 0.424. The number of para-hydroxylation sites is 1. The van der Waals surface area contributed by atoms with Gasteiger partial charge >= 0.3 is 6.03 Å². The van der Waals surface area contributed by atoms with Crippen LogP contribution in [0.25, 0.3) is 0 Å². The summed E-state index contributed by atoms with van der Waals surface area (Å²) in [6.07, 6.45) is 1.62. The molecule has 124 valence electrons. The van der Waals surface area contributed by atoms with Gasteiger partial charge in [-0.2, -0.15) is 0 Å². The lowest BCUT2D eigenvalue weighted by atomic mass is 9.83. The van der Waals surface area contributed by atoms with Gasteiger partial charge in [-0.15, -0.1) is 0 Å². The number of aromatic hydroxyl groups is 1. The van der Waals surface area contributed by atoms with Gasteiger partial charge in [-0.3, -0.25) is 0 Å². The zero-order valence-electron chi connectivity index (χ0n) is 14.0. The van der Waals surface area contributed by atoms with Crippen LogP contribution in [-0.4, -0.2) is 41.3 Å². The molecule has 0 aliphatic heterocycles. The summed E-state index contributed by atoms with van der Waals surface area (Å²) < 4.78 is 0. The van der Waals surface area contributed by atoms with Gasteiger partial charge in [-0.05, 0) is 25.8 Å². The second kappa shape index (κ2) is 8.03. The number of aliphatic hydroxyl groups is 1. The lowest BCUT2D eigenvalue weighted by molar-refractivity contribution is 0.0835. The average Bonchev–Trinajstić information content (AvgIpc) is 2.52. The number of phenols is 1. The minimum Gasteiger partial charge on any atom is -0.508 e. The van der Waals surface area contributed by atoms with E-state index in [1.54, 1.807) is 30.1 Å². The second-order valence-corrected chi connectivity index (χ2v) is 5.95. The highest BCUT2D eigenvalue weighted by Crippen LogP contribution is 2.27. The van der Waals surface area contributed by atoms with E-state index in [2.05, 4.69) is 5.32 Å². The highest BCUT2D eigenvalue weighted by Gasteiger charge is 2.29. The van der Waals surface area contributed by atoms with E-state index in [-0.39, 0.29) is 29.8 Å². The summed E-state index contributed by atoms with van der Waals surface area (Å²) in [5.74, 6) is 0.171. The van der Waals surface area contributed by atoms with Crippen LogP contribution in [0.1, 0.15) is 45.2 Å². The SMILES string of the molecule is CCC(CC)(CO)CN(C)C(=O)N[C@H](C)c1ccccc1O. The van der Waals surface area contributed by atoms with E-state index >= 15 is 0 Å². The summed E-state index contributed by atoms with van der Waals surface area (Å²) in [5, 5.41) is 22.3. The van der Waals surface area contributed by atoms with Gasteiger partial charge in [0.1, 0.15) is 5.75 Å². The standard InChI is InChI=1S/C17H28N2O3/c1-5-17(6-2,12-20)11-19(4)16(22)18-13(3)14-9-7-8-10-15(14)21/h7-10,13,20-21H,5-6,11-12H2,1-4H3,(H,18,22)/t13-/m1/s1. The van der Waals surface area contributed by atoms with Crippen molar-refractivity contribution in [1.82, 2.24) is 10.2 Å². The van der Waals surface area contributed by atoms with Crippen molar-refractivity contribution in [3.8, 4) is 5.75 Å². The quantitative estimate of drug-likeness (QED) is 0.725. The minimum absolute atomic E-state index is 0.0621. The zero-order chi connectivity index (χ0) is 16.8. The summed E-state index contributed by atoms with van der Waals surface area (Å²) in [4.78, 5) is 13.9. The lowest BCUT2D eigenvalue weighted by Gasteiger charge is -2.34. The van der Waals surface area contributed by atoms with Gasteiger partial charge in [0.05, 0.1) is 12.6 Å². The Morgan fingerprint density at radius 1 is 1.32 bits per heavy atom. The molecule has 0 saturated heterocycles. The molecule has 22 heavy (non-hydrogen) atoms. The van der Waals surface area contributed by atoms with Crippen LogP contribution in [0.15, 0.2) is 24.3 Å². The fourth-order valence-electron chi connectivity index (χ4n) is 2.55. The Morgan fingerprint density at radius 2 is 1.91 bits per heavy atom. The summed E-state index contributed by atoms with van der Waals surface area (Å²) >= 11 is 0. The molecule has 1 aromatic rings. The number of phenolic OH excluding ortho intramolecular Hbond substituents is 1. The number of aliphatic hydroxyl groups excluding tert-OH is 1. The number of carbonyl (C=O) groups is 1. The molecule has 0 aromatic heterocycles. The van der Waals surface area contributed by atoms with Crippen molar-refractivity contribution >= 4 is 6.03 Å². The number of carbonyl (C=O) groups excluding carboxylic acids is 1. The summed E-state index contributed by atoms with van der Waals surface area (Å²) in [7, 11) is 1.72. The fraction of sp³-hybridized carbons (Fsp3) is 0.588. The van der Waals surface area contributed by atoms with Crippen molar-refractivity contribution < 1.29 is 15.0 Å². The van der Waals surface area contributed by atoms with Crippen molar-refractivity contribution in [3.63, 3.8) is 0 Å². The molecule has 1 atom stereocenters. The maximum Gasteiger partial charge on any atom is 0.317 e. The molecule has 0 unspecified atom stereocenters. The highest BCUT2D eigenvalue weighted by atomic mass is 16.3. The van der Waals surface area contributed by atoms with Crippen LogP contribution >= 0.6 is 0 Å². The maximum absolute atomic E-state index is 12.3. The van der Waals surface area contributed by atoms with E-state index in [4.69, 9.17) is 0 Å². The summed E-state index contributed by atoms with van der Waals surface area (Å²) in [6.45, 7) is 6.44. The van der Waals surface area contributed by atoms with Crippen molar-refractivity contribution in [3.05, 3.63) is 29.8 Å². The molecule has 5 heteroatoms. The lowest BCUT2D eigenvalue weighted by Crippen LogP contribution is -2.45.